The summed E-state index contributed by atoms with van der Waals surface area (Å²) in [4.78, 5) is 17.7. The molecule has 14 heavy (non-hydrogen) atoms. The maximum atomic E-state index is 10.4. The molecule has 0 N–H and O–H groups in total. The number of fused-ring (bicyclic) bond motifs is 1. The van der Waals surface area contributed by atoms with E-state index < -0.39 is 4.92 Å². The van der Waals surface area contributed by atoms with Crippen LogP contribution < -0.4 is 0 Å². The Bertz CT molecular complexity index is 475. The number of nitro benzene ring substituents is 1. The normalized spacial score (nSPS) is 9.43. The minimum Gasteiger partial charge on any atom is -0.258 e. The summed E-state index contributed by atoms with van der Waals surface area (Å²) in [7, 11) is 0. The van der Waals surface area contributed by atoms with E-state index in [1.807, 2.05) is 0 Å². The summed E-state index contributed by atoms with van der Waals surface area (Å²) in [6.45, 7) is 0. The summed E-state index contributed by atoms with van der Waals surface area (Å²) >= 11 is 0. The predicted molar refractivity (Wildman–Crippen MR) is 53.4 cm³/mol. The highest BCUT2D eigenvalue weighted by molar-refractivity contribution is 5.85. The fourth-order valence-corrected chi connectivity index (χ4v) is 1.08. The molecule has 0 unspecified atom stereocenters. The van der Waals surface area contributed by atoms with Gasteiger partial charge >= 0.3 is 0 Å². The third kappa shape index (κ3) is 1.77. The smallest absolute Gasteiger partial charge is 0.258 e. The Balaban J connectivity index is 0.000000980. The van der Waals surface area contributed by atoms with Gasteiger partial charge in [0.2, 0.25) is 0 Å². The molecule has 1 heterocycles. The van der Waals surface area contributed by atoms with E-state index in [2.05, 4.69) is 9.97 Å². The van der Waals surface area contributed by atoms with Crippen molar-refractivity contribution in [3.63, 3.8) is 0 Å². The molecule has 6 heteroatoms. The first-order chi connectivity index (χ1) is 6.27. The third-order valence-electron chi connectivity index (χ3n) is 1.70. The van der Waals surface area contributed by atoms with Crippen molar-refractivity contribution in [2.24, 2.45) is 0 Å². The molecule has 0 amide bonds. The summed E-state index contributed by atoms with van der Waals surface area (Å²) in [5.74, 6) is 0. The average Bonchev–Trinajstić information content (AvgIpc) is 2.17. The lowest BCUT2D eigenvalue weighted by molar-refractivity contribution is -0.384. The van der Waals surface area contributed by atoms with E-state index in [4.69, 9.17) is 0 Å². The SMILES string of the molecule is Cl.O=[N+]([O-])c1ccc2cncnc2c1. The molecule has 0 aliphatic rings. The summed E-state index contributed by atoms with van der Waals surface area (Å²) in [5, 5.41) is 11.2. The second kappa shape index (κ2) is 3.97. The van der Waals surface area contributed by atoms with Gasteiger partial charge in [0.05, 0.1) is 10.4 Å². The van der Waals surface area contributed by atoms with Crippen molar-refractivity contribution in [1.29, 1.82) is 0 Å². The van der Waals surface area contributed by atoms with Gasteiger partial charge in [-0.05, 0) is 6.07 Å². The molecule has 0 atom stereocenters. The quantitative estimate of drug-likeness (QED) is 0.534. The second-order valence-electron chi connectivity index (χ2n) is 2.52. The first kappa shape index (κ1) is 10.3. The number of nitrogens with zero attached hydrogens (tertiary/aromatic N) is 3. The lowest BCUT2D eigenvalue weighted by Crippen LogP contribution is -1.88. The minimum atomic E-state index is -0.443. The number of hydrogen-bond donors (Lipinski definition) is 0. The van der Waals surface area contributed by atoms with Crippen LogP contribution in [0.1, 0.15) is 0 Å². The van der Waals surface area contributed by atoms with Crippen molar-refractivity contribution in [3.05, 3.63) is 40.8 Å². The van der Waals surface area contributed by atoms with E-state index in [-0.39, 0.29) is 18.1 Å². The Labute approximate surface area is 85.4 Å². The maximum absolute atomic E-state index is 10.4. The van der Waals surface area contributed by atoms with Crippen molar-refractivity contribution in [1.82, 2.24) is 9.97 Å². The summed E-state index contributed by atoms with van der Waals surface area (Å²) < 4.78 is 0. The highest BCUT2D eigenvalue weighted by Crippen LogP contribution is 2.17. The first-order valence-electron chi connectivity index (χ1n) is 3.61. The Hall–Kier alpha value is -1.75. The molecule has 1 aromatic heterocycles. The van der Waals surface area contributed by atoms with Gasteiger partial charge in [-0.25, -0.2) is 9.97 Å². The van der Waals surface area contributed by atoms with Gasteiger partial charge in [-0.3, -0.25) is 10.1 Å². The van der Waals surface area contributed by atoms with Crippen LogP contribution in [0.2, 0.25) is 0 Å². The van der Waals surface area contributed by atoms with Gasteiger partial charge in [0.1, 0.15) is 6.33 Å². The molecular formula is C8H6ClN3O2. The van der Waals surface area contributed by atoms with Crippen LogP contribution in [-0.2, 0) is 0 Å². The van der Waals surface area contributed by atoms with Crippen LogP contribution in [0.3, 0.4) is 0 Å². The van der Waals surface area contributed by atoms with Gasteiger partial charge in [0.15, 0.2) is 0 Å². The van der Waals surface area contributed by atoms with Gasteiger partial charge in [-0.15, -0.1) is 12.4 Å². The molecule has 0 bridgehead atoms. The Morgan fingerprint density at radius 1 is 1.36 bits per heavy atom. The minimum absolute atomic E-state index is 0. The Kier molecular flexibility index (Phi) is 2.93. The zero-order valence-corrected chi connectivity index (χ0v) is 7.77. The molecule has 72 valence electrons. The molecule has 5 nitrogen and oxygen atoms in total. The van der Waals surface area contributed by atoms with Crippen molar-refractivity contribution in [2.45, 2.75) is 0 Å². The second-order valence-corrected chi connectivity index (χ2v) is 2.52. The van der Waals surface area contributed by atoms with Crippen LogP contribution in [0.4, 0.5) is 5.69 Å². The average molecular weight is 212 g/mol. The lowest BCUT2D eigenvalue weighted by Gasteiger charge is -1.94. The summed E-state index contributed by atoms with van der Waals surface area (Å²) in [5.41, 5.74) is 0.635. The van der Waals surface area contributed by atoms with Crippen LogP contribution in [0.15, 0.2) is 30.7 Å². The topological polar surface area (TPSA) is 68.9 Å². The monoisotopic (exact) mass is 211 g/mol. The van der Waals surface area contributed by atoms with E-state index in [1.54, 1.807) is 12.3 Å². The lowest BCUT2D eigenvalue weighted by atomic mass is 10.2. The van der Waals surface area contributed by atoms with E-state index in [0.29, 0.717) is 5.52 Å². The van der Waals surface area contributed by atoms with Gasteiger partial charge in [0, 0.05) is 23.7 Å². The fraction of sp³-hybridized carbons (Fsp3) is 0. The number of hydrogen-bond acceptors (Lipinski definition) is 4. The summed E-state index contributed by atoms with van der Waals surface area (Å²) in [6.07, 6.45) is 2.98. The zero-order valence-electron chi connectivity index (χ0n) is 6.95. The van der Waals surface area contributed by atoms with Crippen LogP contribution in [0, 0.1) is 10.1 Å². The molecule has 0 fully saturated rings. The molecule has 0 spiro atoms. The van der Waals surface area contributed by atoms with Gasteiger partial charge in [-0.1, -0.05) is 0 Å². The van der Waals surface area contributed by atoms with Crippen molar-refractivity contribution in [3.8, 4) is 0 Å². The molecule has 0 radical (unpaired) electrons. The number of rotatable bonds is 1. The molecule has 2 rings (SSSR count). The zero-order chi connectivity index (χ0) is 9.26. The molecule has 2 aromatic rings. The molecule has 0 aliphatic heterocycles. The van der Waals surface area contributed by atoms with Crippen molar-refractivity contribution in [2.75, 3.05) is 0 Å². The highest BCUT2D eigenvalue weighted by Gasteiger charge is 2.05. The number of non-ortho nitro benzene ring substituents is 1. The van der Waals surface area contributed by atoms with Gasteiger partial charge < -0.3 is 0 Å². The standard InChI is InChI=1S/C8H5N3O2.ClH/c12-11(13)7-2-1-6-4-9-5-10-8(6)3-7;/h1-5H;1H. The largest absolute Gasteiger partial charge is 0.271 e. The van der Waals surface area contributed by atoms with Crippen molar-refractivity contribution < 1.29 is 4.92 Å². The number of aromatic nitrogens is 2. The van der Waals surface area contributed by atoms with Gasteiger partial charge in [0.25, 0.3) is 5.69 Å². The van der Waals surface area contributed by atoms with Crippen LogP contribution in [0.5, 0.6) is 0 Å². The van der Waals surface area contributed by atoms with E-state index >= 15 is 0 Å². The predicted octanol–water partition coefficient (Wildman–Crippen LogP) is 1.96. The maximum Gasteiger partial charge on any atom is 0.271 e. The Morgan fingerprint density at radius 3 is 2.86 bits per heavy atom. The molecule has 0 saturated carbocycles. The number of halogens is 1. The van der Waals surface area contributed by atoms with Crippen LogP contribution in [0.25, 0.3) is 10.9 Å². The molecule has 0 aliphatic carbocycles. The molecular weight excluding hydrogens is 206 g/mol. The Morgan fingerprint density at radius 2 is 2.14 bits per heavy atom. The fourth-order valence-electron chi connectivity index (χ4n) is 1.08. The van der Waals surface area contributed by atoms with E-state index in [1.165, 1.54) is 18.5 Å². The molecule has 0 saturated heterocycles. The highest BCUT2D eigenvalue weighted by atomic mass is 35.5. The van der Waals surface area contributed by atoms with Gasteiger partial charge in [-0.2, -0.15) is 0 Å². The number of benzene rings is 1. The third-order valence-corrected chi connectivity index (χ3v) is 1.70. The molecule has 1 aromatic carbocycles. The van der Waals surface area contributed by atoms with Crippen molar-refractivity contribution >= 4 is 29.0 Å². The van der Waals surface area contributed by atoms with E-state index in [9.17, 15) is 10.1 Å². The number of nitro groups is 1. The van der Waals surface area contributed by atoms with E-state index in [0.717, 1.165) is 5.39 Å². The first-order valence-corrected chi connectivity index (χ1v) is 3.61. The summed E-state index contributed by atoms with van der Waals surface area (Å²) in [6, 6.07) is 4.50. The van der Waals surface area contributed by atoms with Crippen LogP contribution in [-0.4, -0.2) is 14.9 Å². The van der Waals surface area contributed by atoms with Crippen LogP contribution >= 0.6 is 12.4 Å².